The number of rotatable bonds is 4. The zero-order chi connectivity index (χ0) is 20.9. The molecule has 0 saturated heterocycles. The van der Waals surface area contributed by atoms with Crippen LogP contribution in [0.4, 0.5) is 5.95 Å². The topological polar surface area (TPSA) is 99.7 Å². The Hall–Kier alpha value is -3.55. The second kappa shape index (κ2) is 6.76. The minimum absolute atomic E-state index is 0.173. The Balaban J connectivity index is 1.36. The van der Waals surface area contributed by atoms with E-state index < -0.39 is 0 Å². The van der Waals surface area contributed by atoms with Crippen LogP contribution >= 0.6 is 0 Å². The summed E-state index contributed by atoms with van der Waals surface area (Å²) in [6, 6.07) is 8.24. The second-order valence-corrected chi connectivity index (χ2v) is 8.47. The molecule has 0 radical (unpaired) electrons. The Labute approximate surface area is 173 Å². The Bertz CT molecular complexity index is 1260. The van der Waals surface area contributed by atoms with E-state index >= 15 is 0 Å². The van der Waals surface area contributed by atoms with Crippen LogP contribution in [0.1, 0.15) is 19.8 Å². The van der Waals surface area contributed by atoms with Gasteiger partial charge < -0.3 is 15.2 Å². The van der Waals surface area contributed by atoms with Crippen LogP contribution in [0.15, 0.2) is 42.9 Å². The zero-order valence-corrected chi connectivity index (χ0v) is 17.2. The summed E-state index contributed by atoms with van der Waals surface area (Å²) in [4.78, 5) is 26.4. The first-order valence-electron chi connectivity index (χ1n) is 9.97. The molecule has 0 unspecified atom stereocenters. The standard InChI is InChI=1S/C22H23N7O/c1-22(20(30)29(2)3)9-15(10-22)26-21-24-12-17-16(11-23-19(17)27-21)13-4-5-18-14(8-13)6-7-25-28-18/h4-8,11-12,15H,9-10H2,1-3H3,(H2,23,24,26,27)/t15-,22-. The maximum Gasteiger partial charge on any atom is 0.228 e. The highest BCUT2D eigenvalue weighted by Gasteiger charge is 2.47. The maximum absolute atomic E-state index is 12.3. The van der Waals surface area contributed by atoms with Crippen LogP contribution < -0.4 is 5.32 Å². The predicted molar refractivity (Wildman–Crippen MR) is 116 cm³/mol. The van der Waals surface area contributed by atoms with Crippen LogP contribution in [0.25, 0.3) is 33.1 Å². The van der Waals surface area contributed by atoms with Crippen molar-refractivity contribution in [3.8, 4) is 11.1 Å². The van der Waals surface area contributed by atoms with E-state index in [9.17, 15) is 4.79 Å². The molecule has 1 saturated carbocycles. The van der Waals surface area contributed by atoms with Gasteiger partial charge >= 0.3 is 0 Å². The monoisotopic (exact) mass is 401 g/mol. The van der Waals surface area contributed by atoms with Crippen molar-refractivity contribution in [3.05, 3.63) is 42.9 Å². The molecule has 3 aromatic heterocycles. The number of fused-ring (bicyclic) bond motifs is 2. The maximum atomic E-state index is 12.3. The van der Waals surface area contributed by atoms with Gasteiger partial charge in [0.05, 0.1) is 17.1 Å². The van der Waals surface area contributed by atoms with Gasteiger partial charge in [-0.3, -0.25) is 4.79 Å². The van der Waals surface area contributed by atoms with Gasteiger partial charge in [0, 0.05) is 48.9 Å². The Morgan fingerprint density at radius 2 is 2.10 bits per heavy atom. The molecule has 5 rings (SSSR count). The summed E-state index contributed by atoms with van der Waals surface area (Å²) in [5, 5.41) is 13.4. The predicted octanol–water partition coefficient (Wildman–Crippen LogP) is 3.24. The molecule has 1 aliphatic rings. The van der Waals surface area contributed by atoms with Gasteiger partial charge in [-0.2, -0.15) is 15.2 Å². The quantitative estimate of drug-likeness (QED) is 0.545. The fourth-order valence-corrected chi connectivity index (χ4v) is 4.40. The van der Waals surface area contributed by atoms with Crippen LogP contribution in [0.2, 0.25) is 0 Å². The molecule has 0 bridgehead atoms. The molecular formula is C22H23N7O. The molecular weight excluding hydrogens is 378 g/mol. The van der Waals surface area contributed by atoms with Crippen LogP contribution in [0, 0.1) is 5.41 Å². The molecule has 0 spiro atoms. The van der Waals surface area contributed by atoms with Gasteiger partial charge in [0.15, 0.2) is 0 Å². The minimum Gasteiger partial charge on any atom is -0.351 e. The van der Waals surface area contributed by atoms with Crippen molar-refractivity contribution in [2.75, 3.05) is 19.4 Å². The van der Waals surface area contributed by atoms with E-state index in [4.69, 9.17) is 0 Å². The van der Waals surface area contributed by atoms with E-state index in [1.807, 2.05) is 37.5 Å². The van der Waals surface area contributed by atoms with Crippen molar-refractivity contribution >= 4 is 33.8 Å². The first-order valence-corrected chi connectivity index (χ1v) is 9.97. The number of hydrogen-bond donors (Lipinski definition) is 2. The number of aromatic nitrogens is 5. The fraction of sp³-hybridized carbons (Fsp3) is 0.318. The Morgan fingerprint density at radius 1 is 1.27 bits per heavy atom. The third kappa shape index (κ3) is 3.04. The summed E-state index contributed by atoms with van der Waals surface area (Å²) in [7, 11) is 3.61. The molecule has 0 aliphatic heterocycles. The molecule has 1 aliphatic carbocycles. The minimum atomic E-state index is -0.300. The number of benzene rings is 1. The Morgan fingerprint density at radius 3 is 2.90 bits per heavy atom. The van der Waals surface area contributed by atoms with Crippen molar-refractivity contribution < 1.29 is 4.79 Å². The number of carbonyl (C=O) groups is 1. The molecule has 30 heavy (non-hydrogen) atoms. The van der Waals surface area contributed by atoms with E-state index in [1.165, 1.54) is 0 Å². The largest absolute Gasteiger partial charge is 0.351 e. The number of nitrogens with zero attached hydrogens (tertiary/aromatic N) is 5. The van der Waals surface area contributed by atoms with Gasteiger partial charge in [0.2, 0.25) is 11.9 Å². The number of hydrogen-bond acceptors (Lipinski definition) is 6. The van der Waals surface area contributed by atoms with Crippen molar-refractivity contribution in [2.45, 2.75) is 25.8 Å². The number of aromatic amines is 1. The van der Waals surface area contributed by atoms with E-state index in [0.717, 1.165) is 45.9 Å². The summed E-state index contributed by atoms with van der Waals surface area (Å²) in [6.07, 6.45) is 7.05. The molecule has 8 nitrogen and oxygen atoms in total. The summed E-state index contributed by atoms with van der Waals surface area (Å²) < 4.78 is 0. The van der Waals surface area contributed by atoms with Crippen molar-refractivity contribution in [2.24, 2.45) is 5.41 Å². The normalized spacial score (nSPS) is 20.8. The third-order valence-electron chi connectivity index (χ3n) is 5.91. The lowest BCUT2D eigenvalue weighted by molar-refractivity contribution is -0.143. The van der Waals surface area contributed by atoms with E-state index in [2.05, 4.69) is 36.5 Å². The highest BCUT2D eigenvalue weighted by atomic mass is 16.2. The highest BCUT2D eigenvalue weighted by Crippen LogP contribution is 2.43. The highest BCUT2D eigenvalue weighted by molar-refractivity contribution is 5.96. The number of amides is 1. The summed E-state index contributed by atoms with van der Waals surface area (Å²) in [5.41, 5.74) is 3.46. The summed E-state index contributed by atoms with van der Waals surface area (Å²) in [5.74, 6) is 0.751. The second-order valence-electron chi connectivity index (χ2n) is 8.47. The number of anilines is 1. The van der Waals surface area contributed by atoms with Crippen molar-refractivity contribution in [3.63, 3.8) is 0 Å². The molecule has 1 aromatic carbocycles. The lowest BCUT2D eigenvalue weighted by Gasteiger charge is -2.45. The fourth-order valence-electron chi connectivity index (χ4n) is 4.40. The van der Waals surface area contributed by atoms with Gasteiger partial charge in [-0.15, -0.1) is 0 Å². The first kappa shape index (κ1) is 18.5. The van der Waals surface area contributed by atoms with Crippen LogP contribution in [-0.4, -0.2) is 56.1 Å². The molecule has 8 heteroatoms. The van der Waals surface area contributed by atoms with E-state index in [1.54, 1.807) is 25.2 Å². The molecule has 1 amide bonds. The molecule has 0 atom stereocenters. The summed E-state index contributed by atoms with van der Waals surface area (Å²) in [6.45, 7) is 2.02. The smallest absolute Gasteiger partial charge is 0.228 e. The van der Waals surface area contributed by atoms with E-state index in [-0.39, 0.29) is 17.4 Å². The molecule has 152 valence electrons. The van der Waals surface area contributed by atoms with Gasteiger partial charge in [0.25, 0.3) is 0 Å². The van der Waals surface area contributed by atoms with Crippen LogP contribution in [0.3, 0.4) is 0 Å². The number of nitrogens with one attached hydrogen (secondary N) is 2. The molecule has 1 fully saturated rings. The lowest BCUT2D eigenvalue weighted by atomic mass is 9.66. The molecule has 2 N–H and O–H groups in total. The average molecular weight is 401 g/mol. The van der Waals surface area contributed by atoms with Gasteiger partial charge in [0.1, 0.15) is 5.65 Å². The van der Waals surface area contributed by atoms with Crippen LogP contribution in [-0.2, 0) is 4.79 Å². The molecule has 3 heterocycles. The van der Waals surface area contributed by atoms with Crippen molar-refractivity contribution in [1.82, 2.24) is 30.0 Å². The third-order valence-corrected chi connectivity index (χ3v) is 5.91. The van der Waals surface area contributed by atoms with E-state index in [0.29, 0.717) is 5.95 Å². The summed E-state index contributed by atoms with van der Waals surface area (Å²) >= 11 is 0. The zero-order valence-electron chi connectivity index (χ0n) is 17.2. The SMILES string of the molecule is CN(C)C(=O)[C@]1(C)C[C@@H](Nc2ncc3c(-c4ccc5nnccc5c4)c[nH]c3n2)C1. The Kier molecular flexibility index (Phi) is 4.16. The molecule has 4 aromatic rings. The van der Waals surface area contributed by atoms with Gasteiger partial charge in [-0.25, -0.2) is 4.98 Å². The lowest BCUT2D eigenvalue weighted by Crippen LogP contribution is -2.52. The van der Waals surface area contributed by atoms with Gasteiger partial charge in [-0.05, 0) is 36.6 Å². The van der Waals surface area contributed by atoms with Crippen LogP contribution in [0.5, 0.6) is 0 Å². The number of carbonyl (C=O) groups excluding carboxylic acids is 1. The average Bonchev–Trinajstić information content (AvgIpc) is 3.14. The van der Waals surface area contributed by atoms with Gasteiger partial charge in [-0.1, -0.05) is 13.0 Å². The van der Waals surface area contributed by atoms with Crippen molar-refractivity contribution in [1.29, 1.82) is 0 Å². The number of H-pyrrole nitrogens is 1. The first-order chi connectivity index (χ1) is 14.4.